The number of hydrogen-bond donors (Lipinski definition) is 9. The van der Waals surface area contributed by atoms with Crippen molar-refractivity contribution in [3.05, 3.63) is 0 Å². The Morgan fingerprint density at radius 3 is 0.920 bits per heavy atom. The zero-order valence-electron chi connectivity index (χ0n) is 14.7. The molecule has 0 bridgehead atoms. The van der Waals surface area contributed by atoms with Crippen molar-refractivity contribution in [1.29, 1.82) is 0 Å². The summed E-state index contributed by atoms with van der Waals surface area (Å²) in [4.78, 5) is 9.76. The van der Waals surface area contributed by atoms with Crippen LogP contribution in [0.25, 0.3) is 0 Å². The van der Waals surface area contributed by atoms with Crippen LogP contribution in [0.2, 0.25) is 0 Å². The van der Waals surface area contributed by atoms with Crippen LogP contribution in [0, 0.1) is 10.8 Å². The third-order valence-electron chi connectivity index (χ3n) is 3.43. The molecule has 0 aromatic heterocycles. The van der Waals surface area contributed by atoms with Crippen molar-refractivity contribution in [3.63, 3.8) is 0 Å². The van der Waals surface area contributed by atoms with Gasteiger partial charge >= 0.3 is 5.97 Å². The quantitative estimate of drug-likeness (QED) is 0.181. The molecule has 154 valence electrons. The van der Waals surface area contributed by atoms with Crippen molar-refractivity contribution in [2.45, 2.75) is 26.2 Å². The maximum atomic E-state index is 9.76. The number of rotatable bonds is 11. The molecule has 0 aromatic rings. The molecular formula is C15H34O10. The van der Waals surface area contributed by atoms with Crippen LogP contribution in [0.15, 0.2) is 0 Å². The van der Waals surface area contributed by atoms with Crippen LogP contribution in [-0.2, 0) is 4.79 Å². The van der Waals surface area contributed by atoms with Crippen molar-refractivity contribution in [2.75, 3.05) is 52.9 Å². The Hall–Kier alpha value is -0.850. The number of hydrogen-bond acceptors (Lipinski definition) is 9. The fourth-order valence-corrected chi connectivity index (χ4v) is 0.928. The number of aliphatic carboxylic acids is 1. The lowest BCUT2D eigenvalue weighted by Gasteiger charge is -2.23. The fourth-order valence-electron chi connectivity index (χ4n) is 0.928. The molecule has 0 aliphatic carbocycles. The first-order valence-electron chi connectivity index (χ1n) is 7.85. The number of aliphatic hydroxyl groups is 8. The van der Waals surface area contributed by atoms with Crippen LogP contribution in [0.4, 0.5) is 0 Å². The predicted octanol–water partition coefficient (Wildman–Crippen LogP) is -2.85. The Morgan fingerprint density at radius 2 is 0.880 bits per heavy atom. The summed E-state index contributed by atoms with van der Waals surface area (Å²) in [7, 11) is 0. The molecule has 9 N–H and O–H groups in total. The molecule has 0 radical (unpaired) electrons. The van der Waals surface area contributed by atoms with E-state index in [2.05, 4.69) is 0 Å². The lowest BCUT2D eigenvalue weighted by Crippen LogP contribution is -2.37. The Balaban J connectivity index is -0.000000293. The lowest BCUT2D eigenvalue weighted by molar-refractivity contribution is -0.137. The van der Waals surface area contributed by atoms with E-state index < -0.39 is 69.7 Å². The number of carbonyl (C=O) groups is 1. The van der Waals surface area contributed by atoms with Crippen LogP contribution in [0.5, 0.6) is 0 Å². The summed E-state index contributed by atoms with van der Waals surface area (Å²) in [6, 6.07) is 0. The van der Waals surface area contributed by atoms with E-state index in [0.717, 1.165) is 12.8 Å². The van der Waals surface area contributed by atoms with E-state index in [1.807, 2.05) is 6.92 Å². The molecule has 0 spiro atoms. The fraction of sp³-hybridized carbons (Fsp3) is 0.933. The average Bonchev–Trinajstić information content (AvgIpc) is 2.66. The van der Waals surface area contributed by atoms with Crippen LogP contribution >= 0.6 is 0 Å². The zero-order chi connectivity index (χ0) is 20.4. The molecule has 10 heteroatoms. The molecule has 0 aliphatic rings. The summed E-state index contributed by atoms with van der Waals surface area (Å²) in [5.74, 6) is -0.693. The number of carboxylic acids is 1. The van der Waals surface area contributed by atoms with Crippen molar-refractivity contribution in [2.24, 2.45) is 10.8 Å². The largest absolute Gasteiger partial charge is 0.481 e. The molecular weight excluding hydrogens is 340 g/mol. The molecule has 0 saturated heterocycles. The van der Waals surface area contributed by atoms with Gasteiger partial charge in [0.2, 0.25) is 0 Å². The van der Waals surface area contributed by atoms with Crippen molar-refractivity contribution >= 4 is 5.97 Å². The van der Waals surface area contributed by atoms with Crippen molar-refractivity contribution < 1.29 is 50.8 Å². The summed E-state index contributed by atoms with van der Waals surface area (Å²) in [5, 5.41) is 76.0. The van der Waals surface area contributed by atoms with Gasteiger partial charge in [-0.2, -0.15) is 0 Å². The third-order valence-corrected chi connectivity index (χ3v) is 3.43. The molecule has 0 fully saturated rings. The Kier molecular flexibility index (Phi) is 20.8. The van der Waals surface area contributed by atoms with Gasteiger partial charge in [0.05, 0.1) is 63.7 Å². The van der Waals surface area contributed by atoms with Gasteiger partial charge in [-0.1, -0.05) is 13.3 Å². The highest BCUT2D eigenvalue weighted by atomic mass is 16.4. The van der Waals surface area contributed by atoms with E-state index >= 15 is 0 Å². The van der Waals surface area contributed by atoms with Gasteiger partial charge in [0.1, 0.15) is 0 Å². The monoisotopic (exact) mass is 374 g/mol. The predicted molar refractivity (Wildman–Crippen MR) is 88.7 cm³/mol. The Morgan fingerprint density at radius 1 is 0.640 bits per heavy atom. The van der Waals surface area contributed by atoms with E-state index in [9.17, 15) is 4.79 Å². The smallest absolute Gasteiger partial charge is 0.303 e. The highest BCUT2D eigenvalue weighted by molar-refractivity contribution is 5.66. The number of unbranched alkanes of at least 4 members (excludes halogenated alkanes) is 1. The van der Waals surface area contributed by atoms with Gasteiger partial charge in [0.25, 0.3) is 0 Å². The topological polar surface area (TPSA) is 199 Å². The highest BCUT2D eigenvalue weighted by Crippen LogP contribution is 2.12. The first-order chi connectivity index (χ1) is 11.8. The van der Waals surface area contributed by atoms with E-state index in [1.54, 1.807) is 0 Å². The van der Waals surface area contributed by atoms with Gasteiger partial charge in [0.15, 0.2) is 0 Å². The second kappa shape index (κ2) is 18.0. The summed E-state index contributed by atoms with van der Waals surface area (Å²) in [5.41, 5.74) is -2.22. The number of aliphatic hydroxyl groups excluding tert-OH is 8. The second-order valence-corrected chi connectivity index (χ2v) is 5.76. The standard InChI is InChI=1S/2C5H12O4.C5H10O2/c2*6-1-5(2-7,3-8)4-9;1-2-3-4-5(6)7/h2*6-9H,1-4H2;2-4H2,1H3,(H,6,7). The highest BCUT2D eigenvalue weighted by Gasteiger charge is 2.27. The van der Waals surface area contributed by atoms with E-state index in [0.29, 0.717) is 6.42 Å². The normalized spacial score (nSPS) is 11.1. The third kappa shape index (κ3) is 14.0. The van der Waals surface area contributed by atoms with Crippen molar-refractivity contribution in [1.82, 2.24) is 0 Å². The van der Waals surface area contributed by atoms with E-state index in [1.165, 1.54) is 0 Å². The SMILES string of the molecule is CCCCC(=O)O.OCC(CO)(CO)CO.OCC(CO)(CO)CO. The van der Waals surface area contributed by atoms with Gasteiger partial charge in [-0.05, 0) is 6.42 Å². The minimum absolute atomic E-state index is 0.316. The molecule has 0 aromatic carbocycles. The molecule has 0 atom stereocenters. The minimum Gasteiger partial charge on any atom is -0.481 e. The second-order valence-electron chi connectivity index (χ2n) is 5.76. The maximum Gasteiger partial charge on any atom is 0.303 e. The van der Waals surface area contributed by atoms with Gasteiger partial charge in [-0.15, -0.1) is 0 Å². The van der Waals surface area contributed by atoms with E-state index in [4.69, 9.17) is 46.0 Å². The molecule has 0 aliphatic heterocycles. The Labute approximate surface area is 147 Å². The van der Waals surface area contributed by atoms with Gasteiger partial charge in [0, 0.05) is 6.42 Å². The van der Waals surface area contributed by atoms with Crippen LogP contribution < -0.4 is 0 Å². The molecule has 0 rings (SSSR count). The van der Waals surface area contributed by atoms with E-state index in [-0.39, 0.29) is 0 Å². The van der Waals surface area contributed by atoms with Crippen LogP contribution in [-0.4, -0.2) is 105 Å². The lowest BCUT2D eigenvalue weighted by atomic mass is 9.93. The maximum absolute atomic E-state index is 9.76. The summed E-state index contributed by atoms with van der Waals surface area (Å²) < 4.78 is 0. The summed E-state index contributed by atoms with van der Waals surface area (Å²) in [6.07, 6.45) is 2.08. The molecule has 10 nitrogen and oxygen atoms in total. The number of carboxylic acid groups (broad SMARTS) is 1. The summed E-state index contributed by atoms with van der Waals surface area (Å²) >= 11 is 0. The molecule has 0 amide bonds. The van der Waals surface area contributed by atoms with Gasteiger partial charge in [-0.25, -0.2) is 0 Å². The molecule has 0 saturated carbocycles. The Bertz CT molecular complexity index is 235. The zero-order valence-corrected chi connectivity index (χ0v) is 14.7. The first kappa shape index (κ1) is 28.9. The van der Waals surface area contributed by atoms with Gasteiger partial charge < -0.3 is 46.0 Å². The minimum atomic E-state index is -1.11. The van der Waals surface area contributed by atoms with Crippen LogP contribution in [0.3, 0.4) is 0 Å². The molecule has 25 heavy (non-hydrogen) atoms. The molecule has 0 heterocycles. The average molecular weight is 374 g/mol. The van der Waals surface area contributed by atoms with Crippen LogP contribution in [0.1, 0.15) is 26.2 Å². The summed E-state index contributed by atoms with van der Waals surface area (Å²) in [6.45, 7) is -1.27. The van der Waals surface area contributed by atoms with Gasteiger partial charge in [-0.3, -0.25) is 4.79 Å². The first-order valence-corrected chi connectivity index (χ1v) is 7.85. The van der Waals surface area contributed by atoms with Crippen molar-refractivity contribution in [3.8, 4) is 0 Å². The molecule has 0 unspecified atom stereocenters.